The van der Waals surface area contributed by atoms with E-state index in [1.165, 1.54) is 12.1 Å². The molecule has 1 aliphatic heterocycles. The zero-order valence-corrected chi connectivity index (χ0v) is 12.5. The van der Waals surface area contributed by atoms with E-state index in [4.69, 9.17) is 20.4 Å². The van der Waals surface area contributed by atoms with Crippen LogP contribution in [-0.4, -0.2) is 58.2 Å². The summed E-state index contributed by atoms with van der Waals surface area (Å²) in [6.07, 6.45) is 0.594. The molecule has 0 unspecified atom stereocenters. The molecule has 23 heavy (non-hydrogen) atoms. The van der Waals surface area contributed by atoms with E-state index in [0.717, 1.165) is 6.07 Å². The lowest BCUT2D eigenvalue weighted by Gasteiger charge is -2.24. The van der Waals surface area contributed by atoms with Gasteiger partial charge in [0, 0.05) is 5.41 Å². The van der Waals surface area contributed by atoms with Crippen molar-refractivity contribution in [3.63, 3.8) is 0 Å². The summed E-state index contributed by atoms with van der Waals surface area (Å²) >= 11 is 0. The lowest BCUT2D eigenvalue weighted by molar-refractivity contribution is 0.00303. The summed E-state index contributed by atoms with van der Waals surface area (Å²) in [5.74, 6) is -2.69. The molecule has 8 nitrogen and oxygen atoms in total. The fraction of sp³-hybridized carbons (Fsp3) is 0.400. The number of aromatic carboxylic acids is 1. The van der Waals surface area contributed by atoms with Crippen LogP contribution in [0, 0.1) is 5.41 Å². The Bertz CT molecular complexity index is 586. The number of benzene rings is 1. The Balaban J connectivity index is 0.000000257. The van der Waals surface area contributed by atoms with Crippen molar-refractivity contribution in [2.75, 3.05) is 19.8 Å². The molecular formula is C15H18O8. The van der Waals surface area contributed by atoms with Crippen molar-refractivity contribution in [1.29, 1.82) is 0 Å². The number of carbonyl (C=O) groups excluding carboxylic acids is 2. The molecule has 0 saturated heterocycles. The molecule has 0 atom stereocenters. The number of carbonyl (C=O) groups is 3. The molecule has 1 aromatic carbocycles. The second-order valence-electron chi connectivity index (χ2n) is 5.07. The number of fused-ring (bicyclic) bond motifs is 1. The smallest absolute Gasteiger partial charge is 0.346 e. The Kier molecular flexibility index (Phi) is 6.38. The van der Waals surface area contributed by atoms with Gasteiger partial charge in [-0.2, -0.15) is 0 Å². The SMILES string of the molecule is CCC(CO)(CO)CO.O=C(O)c1ccc2c(c1)C(=O)OC2=O. The Morgan fingerprint density at radius 3 is 1.96 bits per heavy atom. The van der Waals surface area contributed by atoms with Gasteiger partial charge < -0.3 is 25.2 Å². The number of cyclic esters (lactones) is 2. The van der Waals surface area contributed by atoms with Crippen LogP contribution in [0.1, 0.15) is 44.4 Å². The number of aliphatic hydroxyl groups excluding tert-OH is 3. The van der Waals surface area contributed by atoms with E-state index in [-0.39, 0.29) is 36.5 Å². The molecular weight excluding hydrogens is 308 g/mol. The molecule has 2 rings (SSSR count). The number of ether oxygens (including phenoxy) is 1. The number of aliphatic hydroxyl groups is 3. The van der Waals surface area contributed by atoms with Crippen LogP contribution < -0.4 is 0 Å². The van der Waals surface area contributed by atoms with Crippen molar-refractivity contribution >= 4 is 17.9 Å². The van der Waals surface area contributed by atoms with Crippen molar-refractivity contribution < 1.29 is 39.5 Å². The van der Waals surface area contributed by atoms with Gasteiger partial charge in [-0.1, -0.05) is 6.92 Å². The quantitative estimate of drug-likeness (QED) is 0.439. The van der Waals surface area contributed by atoms with E-state index in [2.05, 4.69) is 4.74 Å². The summed E-state index contributed by atoms with van der Waals surface area (Å²) in [6, 6.07) is 3.65. The maximum Gasteiger partial charge on any atom is 0.346 e. The van der Waals surface area contributed by atoms with Gasteiger partial charge in [0.25, 0.3) is 0 Å². The molecule has 0 spiro atoms. The molecule has 126 valence electrons. The Hall–Kier alpha value is -2.29. The van der Waals surface area contributed by atoms with Crippen LogP contribution in [0.2, 0.25) is 0 Å². The van der Waals surface area contributed by atoms with E-state index in [9.17, 15) is 14.4 Å². The number of hydrogen-bond donors (Lipinski definition) is 4. The standard InChI is InChI=1S/C9H4O5.C6H14O3/c10-7(11)4-1-2-5-6(3-4)9(13)14-8(5)12;1-2-6(3-7,4-8)5-9/h1-3H,(H,10,11);7-9H,2-5H2,1H3. The Morgan fingerprint density at radius 1 is 1.04 bits per heavy atom. The number of esters is 2. The Morgan fingerprint density at radius 2 is 1.57 bits per heavy atom. The highest BCUT2D eigenvalue weighted by Gasteiger charge is 2.30. The lowest BCUT2D eigenvalue weighted by Crippen LogP contribution is -2.32. The fourth-order valence-corrected chi connectivity index (χ4v) is 1.70. The van der Waals surface area contributed by atoms with Gasteiger partial charge in [-0.15, -0.1) is 0 Å². The number of carboxylic acid groups (broad SMARTS) is 1. The van der Waals surface area contributed by atoms with Crippen molar-refractivity contribution in [3.05, 3.63) is 34.9 Å². The van der Waals surface area contributed by atoms with Gasteiger partial charge in [0.05, 0.1) is 36.5 Å². The molecule has 1 aliphatic rings. The second kappa shape index (κ2) is 7.82. The van der Waals surface area contributed by atoms with Gasteiger partial charge in [0.2, 0.25) is 0 Å². The largest absolute Gasteiger partial charge is 0.478 e. The molecule has 8 heteroatoms. The van der Waals surface area contributed by atoms with Crippen molar-refractivity contribution in [3.8, 4) is 0 Å². The monoisotopic (exact) mass is 326 g/mol. The highest BCUT2D eigenvalue weighted by molar-refractivity contribution is 6.15. The van der Waals surface area contributed by atoms with Crippen molar-refractivity contribution in [2.45, 2.75) is 13.3 Å². The van der Waals surface area contributed by atoms with Crippen molar-refractivity contribution in [1.82, 2.24) is 0 Å². The minimum Gasteiger partial charge on any atom is -0.478 e. The third-order valence-corrected chi connectivity index (χ3v) is 3.65. The normalized spacial score (nSPS) is 13.0. The Labute approximate surface area is 131 Å². The number of hydrogen-bond acceptors (Lipinski definition) is 7. The predicted molar refractivity (Wildman–Crippen MR) is 77.1 cm³/mol. The zero-order chi connectivity index (χ0) is 17.6. The number of carboxylic acids is 1. The molecule has 0 saturated carbocycles. The van der Waals surface area contributed by atoms with Crippen LogP contribution in [-0.2, 0) is 4.74 Å². The summed E-state index contributed by atoms with van der Waals surface area (Å²) in [5, 5.41) is 34.6. The van der Waals surface area contributed by atoms with Crippen LogP contribution in [0.5, 0.6) is 0 Å². The molecule has 4 N–H and O–H groups in total. The first-order valence-corrected chi connectivity index (χ1v) is 6.80. The van der Waals surface area contributed by atoms with Gasteiger partial charge in [-0.3, -0.25) is 0 Å². The first kappa shape index (κ1) is 18.8. The average Bonchev–Trinajstić information content (AvgIpc) is 2.85. The summed E-state index contributed by atoms with van der Waals surface area (Å²) in [5.41, 5.74) is -0.592. The highest BCUT2D eigenvalue weighted by Crippen LogP contribution is 2.21. The van der Waals surface area contributed by atoms with Crippen LogP contribution >= 0.6 is 0 Å². The predicted octanol–water partition coefficient (Wildman–Crippen LogP) is 0.0551. The molecule has 0 aliphatic carbocycles. The lowest BCUT2D eigenvalue weighted by atomic mass is 9.88. The third-order valence-electron chi connectivity index (χ3n) is 3.65. The van der Waals surface area contributed by atoms with Gasteiger partial charge >= 0.3 is 17.9 Å². The zero-order valence-electron chi connectivity index (χ0n) is 12.5. The van der Waals surface area contributed by atoms with E-state index < -0.39 is 23.3 Å². The minimum absolute atomic E-state index is 0.00917. The minimum atomic E-state index is -1.15. The first-order chi connectivity index (χ1) is 10.8. The number of rotatable bonds is 5. The summed E-state index contributed by atoms with van der Waals surface area (Å²) in [4.78, 5) is 32.5. The maximum absolute atomic E-state index is 11.0. The average molecular weight is 326 g/mol. The van der Waals surface area contributed by atoms with Crippen LogP contribution in [0.3, 0.4) is 0 Å². The van der Waals surface area contributed by atoms with E-state index >= 15 is 0 Å². The van der Waals surface area contributed by atoms with E-state index in [1.54, 1.807) is 0 Å². The van der Waals surface area contributed by atoms with E-state index in [1.807, 2.05) is 6.92 Å². The van der Waals surface area contributed by atoms with Gasteiger partial charge in [-0.25, -0.2) is 14.4 Å². The summed E-state index contributed by atoms with van der Waals surface area (Å²) in [6.45, 7) is 1.35. The molecule has 0 bridgehead atoms. The second-order valence-corrected chi connectivity index (χ2v) is 5.07. The fourth-order valence-electron chi connectivity index (χ4n) is 1.70. The highest BCUT2D eigenvalue weighted by atomic mass is 16.6. The summed E-state index contributed by atoms with van der Waals surface area (Å²) in [7, 11) is 0. The molecule has 0 fully saturated rings. The van der Waals surface area contributed by atoms with Crippen molar-refractivity contribution in [2.24, 2.45) is 5.41 Å². The van der Waals surface area contributed by atoms with Gasteiger partial charge in [0.15, 0.2) is 0 Å². The van der Waals surface area contributed by atoms with Crippen LogP contribution in [0.25, 0.3) is 0 Å². The molecule has 0 aromatic heterocycles. The van der Waals surface area contributed by atoms with Crippen LogP contribution in [0.4, 0.5) is 0 Å². The first-order valence-electron chi connectivity index (χ1n) is 6.80. The van der Waals surface area contributed by atoms with E-state index in [0.29, 0.717) is 6.42 Å². The van der Waals surface area contributed by atoms with Gasteiger partial charge in [-0.05, 0) is 24.6 Å². The molecule has 0 radical (unpaired) electrons. The molecule has 0 amide bonds. The molecule has 1 heterocycles. The molecule has 1 aromatic rings. The maximum atomic E-state index is 11.0. The van der Waals surface area contributed by atoms with Crippen LogP contribution in [0.15, 0.2) is 18.2 Å². The van der Waals surface area contributed by atoms with Gasteiger partial charge in [0.1, 0.15) is 0 Å². The third kappa shape index (κ3) is 4.13. The topological polar surface area (TPSA) is 141 Å². The summed E-state index contributed by atoms with van der Waals surface area (Å²) < 4.78 is 4.30.